The Morgan fingerprint density at radius 1 is 1.26 bits per heavy atom. The van der Waals surface area contributed by atoms with E-state index in [0.717, 1.165) is 0 Å². The van der Waals surface area contributed by atoms with Gasteiger partial charge in [-0.3, -0.25) is 4.99 Å². The molecule has 0 heterocycles. The third-order valence-corrected chi connectivity index (χ3v) is 5.82. The molecule has 154 valence electrons. The van der Waals surface area contributed by atoms with Gasteiger partial charge in [0.15, 0.2) is 17.5 Å². The highest BCUT2D eigenvalue weighted by Crippen LogP contribution is 2.26. The van der Waals surface area contributed by atoms with Crippen molar-refractivity contribution < 1.29 is 17.9 Å². The Morgan fingerprint density at radius 3 is 2.52 bits per heavy atom. The maximum absolute atomic E-state index is 11.7. The van der Waals surface area contributed by atoms with Crippen molar-refractivity contribution in [1.82, 2.24) is 14.9 Å². The van der Waals surface area contributed by atoms with Crippen LogP contribution in [0.4, 0.5) is 0 Å². The summed E-state index contributed by atoms with van der Waals surface area (Å²) in [5.74, 6) is 2.14. The first-order chi connectivity index (χ1) is 12.8. The minimum absolute atomic E-state index is 0.0966. The molecule has 2 N–H and O–H groups in total. The van der Waals surface area contributed by atoms with E-state index in [2.05, 4.69) is 15.6 Å². The number of hydrogen-bond acceptors (Lipinski definition) is 5. The summed E-state index contributed by atoms with van der Waals surface area (Å²) in [7, 11) is 1.77. The lowest BCUT2D eigenvalue weighted by Gasteiger charge is -2.19. The summed E-state index contributed by atoms with van der Waals surface area (Å²) < 4.78 is 36.0. The summed E-state index contributed by atoms with van der Waals surface area (Å²) in [6.45, 7) is 5.24. The zero-order valence-electron chi connectivity index (χ0n) is 16.9. The van der Waals surface area contributed by atoms with Crippen LogP contribution in [0, 0.1) is 0 Å². The van der Waals surface area contributed by atoms with Gasteiger partial charge in [-0.15, -0.1) is 0 Å². The predicted molar refractivity (Wildman–Crippen MR) is 109 cm³/mol. The fraction of sp³-hybridized carbons (Fsp3) is 0.611. The normalized spacial score (nSPS) is 13.3. The topological polar surface area (TPSA) is 92.3 Å². The first kappa shape index (κ1) is 23.0. The largest absolute Gasteiger partial charge is 0.493 e. The standard InChI is InChI=1S/C18H32N4O4S/c1-6-27(23,24)22(4)13-9-12-20-18(19-3)21-14-15(2)26-17-11-8-7-10-16(17)25-5/h7-8,10-11,15H,6,9,12-14H2,1-5H3,(H2,19,20,21). The molecule has 1 aromatic rings. The Labute approximate surface area is 163 Å². The molecule has 0 aromatic heterocycles. The molecule has 0 saturated heterocycles. The number of ether oxygens (including phenoxy) is 2. The van der Waals surface area contributed by atoms with E-state index in [4.69, 9.17) is 9.47 Å². The van der Waals surface area contributed by atoms with E-state index in [1.807, 2.05) is 31.2 Å². The quantitative estimate of drug-likeness (QED) is 0.330. The molecule has 0 aliphatic carbocycles. The number of hydrogen-bond donors (Lipinski definition) is 2. The summed E-state index contributed by atoms with van der Waals surface area (Å²) in [5, 5.41) is 6.37. The Balaban J connectivity index is 2.35. The van der Waals surface area contributed by atoms with Gasteiger partial charge in [-0.05, 0) is 32.4 Å². The van der Waals surface area contributed by atoms with Crippen molar-refractivity contribution >= 4 is 16.0 Å². The fourth-order valence-corrected chi connectivity index (χ4v) is 3.15. The Morgan fingerprint density at radius 2 is 1.93 bits per heavy atom. The van der Waals surface area contributed by atoms with Crippen LogP contribution in [0.25, 0.3) is 0 Å². The van der Waals surface area contributed by atoms with Gasteiger partial charge in [-0.25, -0.2) is 12.7 Å². The number of para-hydroxylation sites is 2. The molecule has 0 bridgehead atoms. The monoisotopic (exact) mass is 400 g/mol. The molecule has 0 saturated carbocycles. The van der Waals surface area contributed by atoms with Crippen molar-refractivity contribution in [2.24, 2.45) is 4.99 Å². The summed E-state index contributed by atoms with van der Waals surface area (Å²) in [6, 6.07) is 7.51. The lowest BCUT2D eigenvalue weighted by atomic mass is 10.3. The van der Waals surface area contributed by atoms with E-state index < -0.39 is 10.0 Å². The van der Waals surface area contributed by atoms with Gasteiger partial charge < -0.3 is 20.1 Å². The zero-order valence-corrected chi connectivity index (χ0v) is 17.7. The van der Waals surface area contributed by atoms with E-state index in [1.165, 1.54) is 4.31 Å². The van der Waals surface area contributed by atoms with Crippen molar-refractivity contribution in [2.45, 2.75) is 26.4 Å². The predicted octanol–water partition coefficient (Wildman–Crippen LogP) is 1.30. The summed E-state index contributed by atoms with van der Waals surface area (Å²) in [5.41, 5.74) is 0. The number of sulfonamides is 1. The summed E-state index contributed by atoms with van der Waals surface area (Å²) in [6.07, 6.45) is 0.588. The lowest BCUT2D eigenvalue weighted by Crippen LogP contribution is -2.42. The van der Waals surface area contributed by atoms with Gasteiger partial charge >= 0.3 is 0 Å². The smallest absolute Gasteiger partial charge is 0.213 e. The number of rotatable bonds is 11. The molecule has 0 radical (unpaired) electrons. The Hall–Kier alpha value is -2.00. The van der Waals surface area contributed by atoms with Gasteiger partial charge in [0.1, 0.15) is 6.10 Å². The van der Waals surface area contributed by atoms with Crippen molar-refractivity contribution in [2.75, 3.05) is 46.6 Å². The minimum atomic E-state index is -3.13. The van der Waals surface area contributed by atoms with Crippen LogP contribution in [0.5, 0.6) is 11.5 Å². The van der Waals surface area contributed by atoms with E-state index in [0.29, 0.717) is 43.5 Å². The maximum Gasteiger partial charge on any atom is 0.213 e. The van der Waals surface area contributed by atoms with Gasteiger partial charge in [0.05, 0.1) is 19.4 Å². The van der Waals surface area contributed by atoms with Crippen LogP contribution in [-0.2, 0) is 10.0 Å². The molecule has 0 aliphatic rings. The third-order valence-electron chi connectivity index (χ3n) is 3.96. The highest BCUT2D eigenvalue weighted by atomic mass is 32.2. The lowest BCUT2D eigenvalue weighted by molar-refractivity contribution is 0.213. The molecular formula is C18H32N4O4S. The second-order valence-corrected chi connectivity index (χ2v) is 8.40. The van der Waals surface area contributed by atoms with Gasteiger partial charge in [0, 0.05) is 27.2 Å². The molecule has 8 nitrogen and oxygen atoms in total. The molecule has 0 fully saturated rings. The van der Waals surface area contributed by atoms with Crippen LogP contribution in [0.15, 0.2) is 29.3 Å². The van der Waals surface area contributed by atoms with Gasteiger partial charge in [-0.2, -0.15) is 0 Å². The number of nitrogens with zero attached hydrogens (tertiary/aromatic N) is 2. The zero-order chi connectivity index (χ0) is 20.3. The second-order valence-electron chi connectivity index (χ2n) is 6.03. The molecule has 1 unspecified atom stereocenters. The Kier molecular flexibility index (Phi) is 9.95. The van der Waals surface area contributed by atoms with Crippen LogP contribution in [-0.4, -0.2) is 71.4 Å². The van der Waals surface area contributed by atoms with Crippen LogP contribution in [0.1, 0.15) is 20.3 Å². The minimum Gasteiger partial charge on any atom is -0.493 e. The molecule has 0 aliphatic heterocycles. The van der Waals surface area contributed by atoms with Crippen LogP contribution in [0.3, 0.4) is 0 Å². The van der Waals surface area contributed by atoms with Gasteiger partial charge in [-0.1, -0.05) is 12.1 Å². The first-order valence-electron chi connectivity index (χ1n) is 9.02. The summed E-state index contributed by atoms with van der Waals surface area (Å²) in [4.78, 5) is 4.16. The maximum atomic E-state index is 11.7. The average Bonchev–Trinajstić information content (AvgIpc) is 2.67. The van der Waals surface area contributed by atoms with Crippen molar-refractivity contribution in [3.63, 3.8) is 0 Å². The fourth-order valence-electron chi connectivity index (χ4n) is 2.30. The van der Waals surface area contributed by atoms with E-state index in [9.17, 15) is 8.42 Å². The highest BCUT2D eigenvalue weighted by Gasteiger charge is 2.14. The molecule has 1 aromatic carbocycles. The second kappa shape index (κ2) is 11.7. The number of benzene rings is 1. The first-order valence-corrected chi connectivity index (χ1v) is 10.6. The molecule has 9 heteroatoms. The molecular weight excluding hydrogens is 368 g/mol. The number of nitrogens with one attached hydrogen (secondary N) is 2. The van der Waals surface area contributed by atoms with E-state index in [1.54, 1.807) is 28.1 Å². The van der Waals surface area contributed by atoms with E-state index in [-0.39, 0.29) is 11.9 Å². The number of methoxy groups -OCH3 is 1. The average molecular weight is 401 g/mol. The summed E-state index contributed by atoms with van der Waals surface area (Å²) >= 11 is 0. The number of aliphatic imine (C=N–C) groups is 1. The van der Waals surface area contributed by atoms with Crippen molar-refractivity contribution in [3.05, 3.63) is 24.3 Å². The van der Waals surface area contributed by atoms with Crippen LogP contribution >= 0.6 is 0 Å². The molecule has 0 amide bonds. The molecule has 1 rings (SSSR count). The van der Waals surface area contributed by atoms with Gasteiger partial charge in [0.25, 0.3) is 0 Å². The molecule has 0 spiro atoms. The van der Waals surface area contributed by atoms with Gasteiger partial charge in [0.2, 0.25) is 10.0 Å². The third kappa shape index (κ3) is 8.04. The number of guanidine groups is 1. The van der Waals surface area contributed by atoms with Crippen molar-refractivity contribution in [3.8, 4) is 11.5 Å². The van der Waals surface area contributed by atoms with Crippen molar-refractivity contribution in [1.29, 1.82) is 0 Å². The SMILES string of the molecule is CCS(=O)(=O)N(C)CCCNC(=NC)NCC(C)Oc1ccccc1OC. The molecule has 27 heavy (non-hydrogen) atoms. The highest BCUT2D eigenvalue weighted by molar-refractivity contribution is 7.89. The van der Waals surface area contributed by atoms with E-state index >= 15 is 0 Å². The van der Waals surface area contributed by atoms with Crippen LogP contribution in [0.2, 0.25) is 0 Å². The molecule has 1 atom stereocenters. The van der Waals surface area contributed by atoms with Crippen LogP contribution < -0.4 is 20.1 Å². The Bertz CT molecular complexity index is 694.